The second-order valence-electron chi connectivity index (χ2n) is 4.32. The summed E-state index contributed by atoms with van der Waals surface area (Å²) in [6, 6.07) is 5.00. The van der Waals surface area contributed by atoms with Crippen LogP contribution >= 0.6 is 11.6 Å². The van der Waals surface area contributed by atoms with E-state index in [1.807, 2.05) is 0 Å². The van der Waals surface area contributed by atoms with Gasteiger partial charge in [0.15, 0.2) is 11.9 Å². The second kappa shape index (κ2) is 4.61. The molecule has 5 heteroatoms. The van der Waals surface area contributed by atoms with Crippen LogP contribution < -0.4 is 9.64 Å². The molecule has 1 aliphatic rings. The third kappa shape index (κ3) is 2.08. The van der Waals surface area contributed by atoms with Gasteiger partial charge in [-0.15, -0.1) is 11.6 Å². The highest BCUT2D eigenvalue weighted by Gasteiger charge is 2.29. The highest BCUT2D eigenvalue weighted by Crippen LogP contribution is 2.34. The molecule has 1 amide bonds. The van der Waals surface area contributed by atoms with Crippen LogP contribution in [-0.2, 0) is 4.79 Å². The van der Waals surface area contributed by atoms with Crippen LogP contribution in [-0.4, -0.2) is 30.2 Å². The normalized spacial score (nSPS) is 20.1. The van der Waals surface area contributed by atoms with Crippen molar-refractivity contribution in [2.45, 2.75) is 25.3 Å². The molecule has 0 aromatic heterocycles. The number of hydrogen-bond donors (Lipinski definition) is 0. The van der Waals surface area contributed by atoms with Gasteiger partial charge in [-0.05, 0) is 32.0 Å². The number of benzene rings is 1. The van der Waals surface area contributed by atoms with Gasteiger partial charge in [0, 0.05) is 12.6 Å². The lowest BCUT2D eigenvalue weighted by atomic mass is 10.1. The van der Waals surface area contributed by atoms with E-state index >= 15 is 0 Å². The number of fused-ring (bicyclic) bond motifs is 1. The van der Waals surface area contributed by atoms with Gasteiger partial charge in [0.1, 0.15) is 5.75 Å². The number of amides is 1. The van der Waals surface area contributed by atoms with Gasteiger partial charge in [-0.25, -0.2) is 0 Å². The van der Waals surface area contributed by atoms with E-state index in [0.717, 1.165) is 0 Å². The summed E-state index contributed by atoms with van der Waals surface area (Å²) < 4.78 is 5.47. The molecule has 1 aliphatic heterocycles. The number of carbonyl (C=O) groups excluding carboxylic acids is 2. The number of carbonyl (C=O) groups is 2. The second-order valence-corrected chi connectivity index (χ2v) is 4.97. The highest BCUT2D eigenvalue weighted by atomic mass is 35.5. The molecule has 0 radical (unpaired) electrons. The van der Waals surface area contributed by atoms with E-state index < -0.39 is 11.5 Å². The van der Waals surface area contributed by atoms with Crippen molar-refractivity contribution in [2.24, 2.45) is 0 Å². The lowest BCUT2D eigenvalue weighted by Crippen LogP contribution is -2.42. The molecule has 1 heterocycles. The SMILES string of the molecule is C[C@H](Cl)C(=O)c1ccc2c(c1)N(C)C(=O)[C@@H](C)O2. The summed E-state index contributed by atoms with van der Waals surface area (Å²) in [5, 5.41) is -0.590. The maximum absolute atomic E-state index is 11.8. The number of anilines is 1. The Morgan fingerprint density at radius 2 is 2.17 bits per heavy atom. The zero-order chi connectivity index (χ0) is 13.4. The molecule has 4 nitrogen and oxygen atoms in total. The quantitative estimate of drug-likeness (QED) is 0.610. The third-order valence-electron chi connectivity index (χ3n) is 2.95. The Hall–Kier alpha value is -1.55. The fourth-order valence-corrected chi connectivity index (χ4v) is 2.02. The van der Waals surface area contributed by atoms with Crippen molar-refractivity contribution >= 4 is 29.0 Å². The van der Waals surface area contributed by atoms with Gasteiger partial charge in [0.25, 0.3) is 5.91 Å². The van der Waals surface area contributed by atoms with Crippen molar-refractivity contribution in [3.8, 4) is 5.75 Å². The summed E-state index contributed by atoms with van der Waals surface area (Å²) >= 11 is 5.77. The molecule has 96 valence electrons. The topological polar surface area (TPSA) is 46.6 Å². The van der Waals surface area contributed by atoms with Crippen molar-refractivity contribution in [3.05, 3.63) is 23.8 Å². The van der Waals surface area contributed by atoms with E-state index in [4.69, 9.17) is 16.3 Å². The molecular formula is C13H14ClNO3. The molecule has 2 rings (SSSR count). The van der Waals surface area contributed by atoms with Gasteiger partial charge in [-0.2, -0.15) is 0 Å². The summed E-state index contributed by atoms with van der Waals surface area (Å²) in [7, 11) is 1.67. The minimum atomic E-state index is -0.590. The first-order chi connectivity index (χ1) is 8.41. The van der Waals surface area contributed by atoms with Gasteiger partial charge in [-0.1, -0.05) is 0 Å². The van der Waals surface area contributed by atoms with Gasteiger partial charge in [0.2, 0.25) is 0 Å². The summed E-state index contributed by atoms with van der Waals surface area (Å²) in [4.78, 5) is 25.1. The zero-order valence-electron chi connectivity index (χ0n) is 10.4. The van der Waals surface area contributed by atoms with E-state index in [9.17, 15) is 9.59 Å². The van der Waals surface area contributed by atoms with E-state index in [2.05, 4.69) is 0 Å². The van der Waals surface area contributed by atoms with Crippen LogP contribution in [0, 0.1) is 0 Å². The molecule has 0 aliphatic carbocycles. The van der Waals surface area contributed by atoms with E-state index in [0.29, 0.717) is 17.0 Å². The predicted octanol–water partition coefficient (Wildman–Crippen LogP) is 2.24. The molecule has 0 N–H and O–H groups in total. The molecule has 1 aromatic carbocycles. The number of hydrogen-bond acceptors (Lipinski definition) is 3. The average Bonchev–Trinajstić information content (AvgIpc) is 2.35. The fraction of sp³-hybridized carbons (Fsp3) is 0.385. The number of alkyl halides is 1. The summed E-state index contributed by atoms with van der Waals surface area (Å²) in [5.74, 6) is 0.299. The summed E-state index contributed by atoms with van der Waals surface area (Å²) in [5.41, 5.74) is 1.08. The maximum atomic E-state index is 11.8. The van der Waals surface area contributed by atoms with Crippen LogP contribution in [0.3, 0.4) is 0 Å². The van der Waals surface area contributed by atoms with Crippen molar-refractivity contribution in [1.29, 1.82) is 0 Å². The number of rotatable bonds is 2. The van der Waals surface area contributed by atoms with Crippen molar-refractivity contribution in [2.75, 3.05) is 11.9 Å². The van der Waals surface area contributed by atoms with Crippen LogP contribution in [0.25, 0.3) is 0 Å². The van der Waals surface area contributed by atoms with E-state index in [1.54, 1.807) is 39.1 Å². The number of ketones is 1. The molecule has 0 saturated carbocycles. The van der Waals surface area contributed by atoms with Crippen molar-refractivity contribution in [1.82, 2.24) is 0 Å². The number of likely N-dealkylation sites (N-methyl/N-ethyl adjacent to an activating group) is 1. The van der Waals surface area contributed by atoms with Crippen molar-refractivity contribution < 1.29 is 14.3 Å². The van der Waals surface area contributed by atoms with E-state index in [1.165, 1.54) is 4.90 Å². The van der Waals surface area contributed by atoms with Gasteiger partial charge in [0.05, 0.1) is 11.1 Å². The molecular weight excluding hydrogens is 254 g/mol. The fourth-order valence-electron chi connectivity index (χ4n) is 1.89. The molecule has 0 spiro atoms. The molecule has 0 saturated heterocycles. The molecule has 0 fully saturated rings. The molecule has 0 bridgehead atoms. The average molecular weight is 268 g/mol. The standard InChI is InChI=1S/C13H14ClNO3/c1-7(14)12(16)9-4-5-11-10(6-9)15(3)13(17)8(2)18-11/h4-8H,1-3H3/t7-,8+/m0/s1. The largest absolute Gasteiger partial charge is 0.479 e. The van der Waals surface area contributed by atoms with Crippen LogP contribution in [0.5, 0.6) is 5.75 Å². The van der Waals surface area contributed by atoms with Crippen molar-refractivity contribution in [3.63, 3.8) is 0 Å². The van der Waals surface area contributed by atoms with Gasteiger partial charge >= 0.3 is 0 Å². The first kappa shape index (κ1) is 12.9. The molecule has 2 atom stereocenters. The third-order valence-corrected chi connectivity index (χ3v) is 3.15. The Bertz CT molecular complexity index is 513. The number of Topliss-reactive ketones (excluding diaryl/α,β-unsaturated/α-hetero) is 1. The summed E-state index contributed by atoms with van der Waals surface area (Å²) in [6.45, 7) is 3.32. The molecule has 18 heavy (non-hydrogen) atoms. The lowest BCUT2D eigenvalue weighted by molar-refractivity contribution is -0.125. The first-order valence-electron chi connectivity index (χ1n) is 5.68. The smallest absolute Gasteiger partial charge is 0.267 e. The minimum Gasteiger partial charge on any atom is -0.479 e. The van der Waals surface area contributed by atoms with Gasteiger partial charge < -0.3 is 9.64 Å². The number of nitrogens with zero attached hydrogens (tertiary/aromatic N) is 1. The summed E-state index contributed by atoms with van der Waals surface area (Å²) in [6.07, 6.45) is -0.504. The lowest BCUT2D eigenvalue weighted by Gasteiger charge is -2.30. The Labute approximate surface area is 110 Å². The predicted molar refractivity (Wildman–Crippen MR) is 69.6 cm³/mol. The Balaban J connectivity index is 2.44. The monoisotopic (exact) mass is 267 g/mol. The molecule has 1 aromatic rings. The van der Waals surface area contributed by atoms with Crippen LogP contribution in [0.4, 0.5) is 5.69 Å². The Kier molecular flexibility index (Phi) is 3.30. The maximum Gasteiger partial charge on any atom is 0.267 e. The van der Waals surface area contributed by atoms with E-state index in [-0.39, 0.29) is 11.7 Å². The van der Waals surface area contributed by atoms with Crippen LogP contribution in [0.2, 0.25) is 0 Å². The highest BCUT2D eigenvalue weighted by molar-refractivity contribution is 6.33. The Morgan fingerprint density at radius 3 is 2.78 bits per heavy atom. The Morgan fingerprint density at radius 1 is 1.50 bits per heavy atom. The molecule has 0 unspecified atom stereocenters. The van der Waals surface area contributed by atoms with Crippen LogP contribution in [0.15, 0.2) is 18.2 Å². The zero-order valence-corrected chi connectivity index (χ0v) is 11.2. The number of ether oxygens (including phenoxy) is 1. The van der Waals surface area contributed by atoms with Crippen LogP contribution in [0.1, 0.15) is 24.2 Å². The minimum absolute atomic E-state index is 0.133. The first-order valence-corrected chi connectivity index (χ1v) is 6.12. The number of halogens is 1. The van der Waals surface area contributed by atoms with Gasteiger partial charge in [-0.3, -0.25) is 9.59 Å².